The van der Waals surface area contributed by atoms with E-state index in [0.29, 0.717) is 24.5 Å². The molecular weight excluding hydrogens is 416 g/mol. The molecule has 4 aromatic rings. The lowest BCUT2D eigenvalue weighted by Gasteiger charge is -2.18. The van der Waals surface area contributed by atoms with Crippen LogP contribution in [0, 0.1) is 0 Å². The summed E-state index contributed by atoms with van der Waals surface area (Å²) in [5, 5.41) is 4.05. The summed E-state index contributed by atoms with van der Waals surface area (Å²) in [6.45, 7) is 0.401. The van der Waals surface area contributed by atoms with E-state index in [2.05, 4.69) is 22.4 Å². The van der Waals surface area contributed by atoms with E-state index in [0.717, 1.165) is 33.3 Å². The maximum Gasteiger partial charge on any atom is 0.221 e. The molecule has 0 saturated carbocycles. The Morgan fingerprint density at radius 3 is 2.36 bits per heavy atom. The normalized spacial score (nSPS) is 11.7. The van der Waals surface area contributed by atoms with Crippen LogP contribution in [0.15, 0.2) is 72.9 Å². The van der Waals surface area contributed by atoms with Crippen LogP contribution in [-0.2, 0) is 11.3 Å². The minimum atomic E-state index is -0.123. The Kier molecular flexibility index (Phi) is 6.83. The van der Waals surface area contributed by atoms with E-state index in [1.54, 1.807) is 21.3 Å². The molecule has 0 saturated heterocycles. The van der Waals surface area contributed by atoms with Crippen molar-refractivity contribution < 1.29 is 19.0 Å². The number of aromatic nitrogens is 1. The molecule has 0 bridgehead atoms. The third kappa shape index (κ3) is 4.80. The van der Waals surface area contributed by atoms with Gasteiger partial charge in [0.2, 0.25) is 5.91 Å². The van der Waals surface area contributed by atoms with E-state index >= 15 is 0 Å². The van der Waals surface area contributed by atoms with E-state index in [4.69, 9.17) is 14.2 Å². The number of benzene rings is 3. The molecule has 1 atom stereocenters. The number of hydrogen-bond donors (Lipinski definition) is 2. The number of hydrogen-bond acceptors (Lipinski definition) is 4. The molecule has 1 amide bonds. The molecule has 0 aliphatic rings. The molecule has 0 fully saturated rings. The highest BCUT2D eigenvalue weighted by atomic mass is 16.5. The molecule has 4 rings (SSSR count). The first-order chi connectivity index (χ1) is 16.1. The zero-order chi connectivity index (χ0) is 23.2. The van der Waals surface area contributed by atoms with Gasteiger partial charge in [-0.15, -0.1) is 0 Å². The highest BCUT2D eigenvalue weighted by molar-refractivity contribution is 5.91. The molecule has 170 valence electrons. The van der Waals surface area contributed by atoms with Crippen LogP contribution in [0.2, 0.25) is 0 Å². The maximum absolute atomic E-state index is 13.1. The SMILES string of the molecule is COc1ccc(CNC(=O)C[C@@H](c2ccccc2)c2c[nH]c3cccc(OC)c23)cc1OC. The lowest BCUT2D eigenvalue weighted by molar-refractivity contribution is -0.121. The third-order valence-electron chi connectivity index (χ3n) is 5.82. The van der Waals surface area contributed by atoms with Crippen molar-refractivity contribution in [3.8, 4) is 17.2 Å². The standard InChI is InChI=1S/C27H28N2O4/c1-31-23-13-12-18(14-25(23)33-3)16-29-26(30)15-20(19-8-5-4-6-9-19)21-17-28-22-10-7-11-24(32-2)27(21)22/h4-14,17,20,28H,15-16H2,1-3H3,(H,29,30)/t20-/m0/s1. The summed E-state index contributed by atoms with van der Waals surface area (Å²) in [7, 11) is 4.86. The van der Waals surface area contributed by atoms with Crippen LogP contribution in [0.5, 0.6) is 17.2 Å². The predicted molar refractivity (Wildman–Crippen MR) is 129 cm³/mol. The molecule has 33 heavy (non-hydrogen) atoms. The molecule has 0 spiro atoms. The maximum atomic E-state index is 13.1. The second kappa shape index (κ2) is 10.1. The van der Waals surface area contributed by atoms with Gasteiger partial charge in [0, 0.05) is 36.0 Å². The molecule has 6 heteroatoms. The summed E-state index contributed by atoms with van der Waals surface area (Å²) in [5.41, 5.74) is 4.03. The Morgan fingerprint density at radius 2 is 1.64 bits per heavy atom. The zero-order valence-corrected chi connectivity index (χ0v) is 19.1. The van der Waals surface area contributed by atoms with Gasteiger partial charge in [-0.2, -0.15) is 0 Å². The fourth-order valence-electron chi connectivity index (χ4n) is 4.16. The molecule has 0 aliphatic carbocycles. The Morgan fingerprint density at radius 1 is 0.879 bits per heavy atom. The lowest BCUT2D eigenvalue weighted by Crippen LogP contribution is -2.25. The van der Waals surface area contributed by atoms with Gasteiger partial charge in [-0.1, -0.05) is 42.5 Å². The van der Waals surface area contributed by atoms with Gasteiger partial charge < -0.3 is 24.5 Å². The van der Waals surface area contributed by atoms with Gasteiger partial charge >= 0.3 is 0 Å². The topological polar surface area (TPSA) is 72.6 Å². The Hall–Kier alpha value is -3.93. The van der Waals surface area contributed by atoms with Crippen LogP contribution in [0.4, 0.5) is 0 Å². The van der Waals surface area contributed by atoms with E-state index in [-0.39, 0.29) is 11.8 Å². The Balaban J connectivity index is 1.58. The van der Waals surface area contributed by atoms with Gasteiger partial charge in [0.25, 0.3) is 0 Å². The average Bonchev–Trinajstić information content (AvgIpc) is 3.30. The smallest absolute Gasteiger partial charge is 0.221 e. The molecule has 2 N–H and O–H groups in total. The first kappa shape index (κ1) is 22.3. The first-order valence-electron chi connectivity index (χ1n) is 10.8. The molecule has 6 nitrogen and oxygen atoms in total. The van der Waals surface area contributed by atoms with E-state index < -0.39 is 0 Å². The highest BCUT2D eigenvalue weighted by Crippen LogP contribution is 2.37. The van der Waals surface area contributed by atoms with Gasteiger partial charge in [0.15, 0.2) is 11.5 Å². The van der Waals surface area contributed by atoms with Crippen molar-refractivity contribution in [1.29, 1.82) is 0 Å². The second-order valence-electron chi connectivity index (χ2n) is 7.76. The summed E-state index contributed by atoms with van der Waals surface area (Å²) in [4.78, 5) is 16.4. The van der Waals surface area contributed by atoms with Crippen molar-refractivity contribution in [3.05, 3.63) is 89.6 Å². The summed E-state index contributed by atoms with van der Waals surface area (Å²) < 4.78 is 16.3. The molecule has 1 heterocycles. The summed E-state index contributed by atoms with van der Waals surface area (Å²) in [5.74, 6) is 1.92. The quantitative estimate of drug-likeness (QED) is 0.380. The van der Waals surface area contributed by atoms with Crippen LogP contribution in [0.1, 0.15) is 29.0 Å². The second-order valence-corrected chi connectivity index (χ2v) is 7.76. The number of fused-ring (bicyclic) bond motifs is 1. The number of nitrogens with one attached hydrogen (secondary N) is 2. The minimum Gasteiger partial charge on any atom is -0.496 e. The predicted octanol–water partition coefficient (Wildman–Crippen LogP) is 5.03. The van der Waals surface area contributed by atoms with Gasteiger partial charge in [-0.3, -0.25) is 4.79 Å². The number of amides is 1. The van der Waals surface area contributed by atoms with Gasteiger partial charge in [0.05, 0.1) is 21.3 Å². The van der Waals surface area contributed by atoms with Gasteiger partial charge in [-0.25, -0.2) is 0 Å². The lowest BCUT2D eigenvalue weighted by atomic mass is 9.87. The van der Waals surface area contributed by atoms with E-state index in [9.17, 15) is 4.79 Å². The van der Waals surface area contributed by atoms with Crippen molar-refractivity contribution in [2.45, 2.75) is 18.9 Å². The van der Waals surface area contributed by atoms with E-state index in [1.165, 1.54) is 0 Å². The first-order valence-corrected chi connectivity index (χ1v) is 10.8. The van der Waals surface area contributed by atoms with Crippen molar-refractivity contribution in [3.63, 3.8) is 0 Å². The molecule has 0 unspecified atom stereocenters. The molecule has 3 aromatic carbocycles. The van der Waals surface area contributed by atoms with Crippen molar-refractivity contribution >= 4 is 16.8 Å². The monoisotopic (exact) mass is 444 g/mol. The fraction of sp³-hybridized carbons (Fsp3) is 0.222. The zero-order valence-electron chi connectivity index (χ0n) is 19.1. The summed E-state index contributed by atoms with van der Waals surface area (Å²) in [6, 6.07) is 21.6. The number of H-pyrrole nitrogens is 1. The average molecular weight is 445 g/mol. The van der Waals surface area contributed by atoms with E-state index in [1.807, 2.05) is 60.8 Å². The summed E-state index contributed by atoms with van der Waals surface area (Å²) >= 11 is 0. The molecule has 1 aromatic heterocycles. The fourth-order valence-corrected chi connectivity index (χ4v) is 4.16. The molecule has 0 radical (unpaired) electrons. The van der Waals surface area contributed by atoms with Gasteiger partial charge in [0.1, 0.15) is 5.75 Å². The van der Waals surface area contributed by atoms with Crippen molar-refractivity contribution in [2.75, 3.05) is 21.3 Å². The van der Waals surface area contributed by atoms with Crippen LogP contribution in [0.3, 0.4) is 0 Å². The van der Waals surface area contributed by atoms with Crippen molar-refractivity contribution in [2.24, 2.45) is 0 Å². The summed E-state index contributed by atoms with van der Waals surface area (Å²) in [6.07, 6.45) is 2.29. The number of rotatable bonds is 9. The number of carbonyl (C=O) groups excluding carboxylic acids is 1. The third-order valence-corrected chi connectivity index (χ3v) is 5.82. The van der Waals surface area contributed by atoms with Crippen LogP contribution in [-0.4, -0.2) is 32.2 Å². The molecule has 0 aliphatic heterocycles. The number of methoxy groups -OCH3 is 3. The number of carbonyl (C=O) groups is 1. The minimum absolute atomic E-state index is 0.0390. The van der Waals surface area contributed by atoms with Crippen LogP contribution < -0.4 is 19.5 Å². The van der Waals surface area contributed by atoms with Crippen LogP contribution >= 0.6 is 0 Å². The Labute approximate surface area is 193 Å². The Bertz CT molecular complexity index is 1230. The highest BCUT2D eigenvalue weighted by Gasteiger charge is 2.23. The number of aromatic amines is 1. The van der Waals surface area contributed by atoms with Gasteiger partial charge in [-0.05, 0) is 41.0 Å². The molecular formula is C27H28N2O4. The van der Waals surface area contributed by atoms with Crippen LogP contribution in [0.25, 0.3) is 10.9 Å². The number of ether oxygens (including phenoxy) is 3. The van der Waals surface area contributed by atoms with Crippen molar-refractivity contribution in [1.82, 2.24) is 10.3 Å². The largest absolute Gasteiger partial charge is 0.496 e.